The Bertz CT molecular complexity index is 655. The van der Waals surface area contributed by atoms with Crippen LogP contribution in [0.15, 0.2) is 54.6 Å². The molecule has 0 saturated carbocycles. The smallest absolute Gasteiger partial charge is 0.325 e. The summed E-state index contributed by atoms with van der Waals surface area (Å²) in [5, 5.41) is 2.50. The van der Waals surface area contributed by atoms with E-state index in [1.807, 2.05) is 6.07 Å². The minimum absolute atomic E-state index is 0.103. The van der Waals surface area contributed by atoms with Gasteiger partial charge in [-0.2, -0.15) is 0 Å². The quantitative estimate of drug-likeness (QED) is 0.593. The molecule has 0 aliphatic rings. The lowest BCUT2D eigenvalue weighted by molar-refractivity contribution is -0.143. The van der Waals surface area contributed by atoms with E-state index in [4.69, 9.17) is 14.2 Å². The van der Waals surface area contributed by atoms with E-state index in [0.29, 0.717) is 11.3 Å². The highest BCUT2D eigenvalue weighted by atomic mass is 16.6. The van der Waals surface area contributed by atoms with Crippen LogP contribution in [-0.2, 0) is 9.53 Å². The number of carbonyl (C=O) groups excluding carboxylic acids is 2. The molecule has 0 heterocycles. The van der Waals surface area contributed by atoms with Crippen molar-refractivity contribution < 1.29 is 23.8 Å². The molecule has 0 aliphatic heterocycles. The van der Waals surface area contributed by atoms with Crippen molar-refractivity contribution >= 4 is 11.9 Å². The fourth-order valence-electron chi connectivity index (χ4n) is 1.88. The van der Waals surface area contributed by atoms with Crippen molar-refractivity contribution in [1.29, 1.82) is 0 Å². The van der Waals surface area contributed by atoms with E-state index >= 15 is 0 Å². The molecule has 2 aromatic rings. The van der Waals surface area contributed by atoms with Gasteiger partial charge in [-0.3, -0.25) is 9.59 Å². The van der Waals surface area contributed by atoms with E-state index in [1.165, 1.54) is 0 Å². The molecule has 2 aromatic carbocycles. The third kappa shape index (κ3) is 5.64. The Balaban J connectivity index is 1.62. The Morgan fingerprint density at radius 2 is 1.58 bits per heavy atom. The van der Waals surface area contributed by atoms with E-state index in [2.05, 4.69) is 5.32 Å². The van der Waals surface area contributed by atoms with Crippen molar-refractivity contribution in [3.63, 3.8) is 0 Å². The molecule has 0 unspecified atom stereocenters. The Hall–Kier alpha value is -3.02. The van der Waals surface area contributed by atoms with E-state index in [1.54, 1.807) is 55.6 Å². The second kappa shape index (κ2) is 9.19. The molecule has 24 heavy (non-hydrogen) atoms. The van der Waals surface area contributed by atoms with Gasteiger partial charge in [-0.25, -0.2) is 0 Å². The van der Waals surface area contributed by atoms with Crippen molar-refractivity contribution in [1.82, 2.24) is 5.32 Å². The molecule has 6 heteroatoms. The van der Waals surface area contributed by atoms with Crippen LogP contribution in [-0.4, -0.2) is 38.7 Å². The third-order valence-electron chi connectivity index (χ3n) is 3.10. The monoisotopic (exact) mass is 329 g/mol. The average Bonchev–Trinajstić information content (AvgIpc) is 2.64. The maximum atomic E-state index is 11.8. The lowest BCUT2D eigenvalue weighted by Gasteiger charge is -2.08. The molecule has 126 valence electrons. The van der Waals surface area contributed by atoms with Gasteiger partial charge in [0.05, 0.1) is 7.11 Å². The number of amides is 1. The lowest BCUT2D eigenvalue weighted by atomic mass is 10.2. The molecule has 1 amide bonds. The Morgan fingerprint density at radius 3 is 2.25 bits per heavy atom. The van der Waals surface area contributed by atoms with Gasteiger partial charge in [-0.05, 0) is 36.4 Å². The van der Waals surface area contributed by atoms with Crippen molar-refractivity contribution in [2.45, 2.75) is 0 Å². The van der Waals surface area contributed by atoms with E-state index in [9.17, 15) is 9.59 Å². The Kier molecular flexibility index (Phi) is 6.64. The highest BCUT2D eigenvalue weighted by molar-refractivity contribution is 5.95. The van der Waals surface area contributed by atoms with Crippen molar-refractivity contribution in [2.75, 3.05) is 26.9 Å². The molecule has 0 fully saturated rings. The number of carbonyl (C=O) groups is 2. The molecule has 0 saturated heterocycles. The molecule has 0 atom stereocenters. The molecule has 2 rings (SSSR count). The fourth-order valence-corrected chi connectivity index (χ4v) is 1.88. The van der Waals surface area contributed by atoms with Crippen LogP contribution in [0.5, 0.6) is 11.5 Å². The number of rotatable bonds is 8. The molecule has 0 aromatic heterocycles. The molecule has 0 spiro atoms. The first-order valence-electron chi connectivity index (χ1n) is 7.45. The summed E-state index contributed by atoms with van der Waals surface area (Å²) in [7, 11) is 1.59. The zero-order valence-corrected chi connectivity index (χ0v) is 13.4. The summed E-state index contributed by atoms with van der Waals surface area (Å²) < 4.78 is 15.5. The summed E-state index contributed by atoms with van der Waals surface area (Å²) in [5.41, 5.74) is 0.494. The first-order chi connectivity index (χ1) is 11.7. The molecular formula is C18H19NO5. The topological polar surface area (TPSA) is 73.9 Å². The van der Waals surface area contributed by atoms with Gasteiger partial charge in [0, 0.05) is 5.56 Å². The van der Waals surface area contributed by atoms with Crippen molar-refractivity contribution in [3.05, 3.63) is 60.2 Å². The number of benzene rings is 2. The van der Waals surface area contributed by atoms with E-state index < -0.39 is 5.97 Å². The minimum atomic E-state index is -0.516. The first-order valence-corrected chi connectivity index (χ1v) is 7.45. The van der Waals surface area contributed by atoms with Gasteiger partial charge in [0.15, 0.2) is 0 Å². The zero-order chi connectivity index (χ0) is 17.2. The van der Waals surface area contributed by atoms with Gasteiger partial charge in [-0.1, -0.05) is 18.2 Å². The fraction of sp³-hybridized carbons (Fsp3) is 0.222. The average molecular weight is 329 g/mol. The maximum Gasteiger partial charge on any atom is 0.325 e. The van der Waals surface area contributed by atoms with Crippen LogP contribution in [0.25, 0.3) is 0 Å². The van der Waals surface area contributed by atoms with Gasteiger partial charge in [0.25, 0.3) is 5.91 Å². The highest BCUT2D eigenvalue weighted by Crippen LogP contribution is 2.16. The summed E-state index contributed by atoms with van der Waals surface area (Å²) in [6.45, 7) is 0.146. The van der Waals surface area contributed by atoms with Crippen LogP contribution < -0.4 is 14.8 Å². The van der Waals surface area contributed by atoms with E-state index in [0.717, 1.165) is 5.75 Å². The summed E-state index contributed by atoms with van der Waals surface area (Å²) >= 11 is 0. The normalized spacial score (nSPS) is 9.88. The van der Waals surface area contributed by atoms with Gasteiger partial charge in [0.2, 0.25) is 0 Å². The predicted molar refractivity (Wildman–Crippen MR) is 88.2 cm³/mol. The zero-order valence-electron chi connectivity index (χ0n) is 13.4. The van der Waals surface area contributed by atoms with Gasteiger partial charge >= 0.3 is 5.97 Å². The number of ether oxygens (including phenoxy) is 3. The SMILES string of the molecule is COc1ccc(OCCOC(=O)CNC(=O)c2ccccc2)cc1. The third-order valence-corrected chi connectivity index (χ3v) is 3.10. The lowest BCUT2D eigenvalue weighted by Crippen LogP contribution is -2.31. The second-order valence-electron chi connectivity index (χ2n) is 4.79. The standard InChI is InChI=1S/C18H19NO5/c1-22-15-7-9-16(10-8-15)23-11-12-24-17(20)13-19-18(21)14-5-3-2-4-6-14/h2-10H,11-13H2,1H3,(H,19,21). The van der Waals surface area contributed by atoms with Gasteiger partial charge in [0.1, 0.15) is 31.3 Å². The van der Waals surface area contributed by atoms with Crippen LogP contribution in [0, 0.1) is 0 Å². The van der Waals surface area contributed by atoms with Gasteiger partial charge < -0.3 is 19.5 Å². The summed E-state index contributed by atoms with van der Waals surface area (Å²) in [6, 6.07) is 15.7. The number of hydrogen-bond donors (Lipinski definition) is 1. The van der Waals surface area contributed by atoms with Crippen molar-refractivity contribution in [2.24, 2.45) is 0 Å². The summed E-state index contributed by atoms with van der Waals surface area (Å²) in [5.74, 6) is 0.562. The summed E-state index contributed by atoms with van der Waals surface area (Å²) in [6.07, 6.45) is 0. The van der Waals surface area contributed by atoms with Crippen LogP contribution in [0.2, 0.25) is 0 Å². The Morgan fingerprint density at radius 1 is 0.917 bits per heavy atom. The second-order valence-corrected chi connectivity index (χ2v) is 4.79. The number of methoxy groups -OCH3 is 1. The maximum absolute atomic E-state index is 11.8. The summed E-state index contributed by atoms with van der Waals surface area (Å²) in [4.78, 5) is 23.3. The van der Waals surface area contributed by atoms with Gasteiger partial charge in [-0.15, -0.1) is 0 Å². The first kappa shape index (κ1) is 17.3. The van der Waals surface area contributed by atoms with Crippen LogP contribution >= 0.6 is 0 Å². The van der Waals surface area contributed by atoms with Crippen molar-refractivity contribution in [3.8, 4) is 11.5 Å². The molecule has 0 bridgehead atoms. The van der Waals surface area contributed by atoms with E-state index in [-0.39, 0.29) is 25.7 Å². The number of hydrogen-bond acceptors (Lipinski definition) is 5. The number of esters is 1. The molecule has 6 nitrogen and oxygen atoms in total. The molecule has 0 aliphatic carbocycles. The minimum Gasteiger partial charge on any atom is -0.497 e. The number of nitrogens with one attached hydrogen (secondary N) is 1. The molecular weight excluding hydrogens is 310 g/mol. The highest BCUT2D eigenvalue weighted by Gasteiger charge is 2.08. The largest absolute Gasteiger partial charge is 0.497 e. The van der Waals surface area contributed by atoms with Crippen LogP contribution in [0.4, 0.5) is 0 Å². The molecule has 0 radical (unpaired) electrons. The molecule has 1 N–H and O–H groups in total. The van der Waals surface area contributed by atoms with Crippen LogP contribution in [0.3, 0.4) is 0 Å². The van der Waals surface area contributed by atoms with Crippen LogP contribution in [0.1, 0.15) is 10.4 Å². The Labute approximate surface area is 140 Å². The predicted octanol–water partition coefficient (Wildman–Crippen LogP) is 2.05.